The lowest BCUT2D eigenvalue weighted by Gasteiger charge is -1.88. The molecule has 0 bridgehead atoms. The predicted molar refractivity (Wildman–Crippen MR) is 41.0 cm³/mol. The number of hydrogen-bond donors (Lipinski definition) is 1. The lowest BCUT2D eigenvalue weighted by atomic mass is 10.3. The number of anilines is 1. The summed E-state index contributed by atoms with van der Waals surface area (Å²) in [5, 5.41) is 0.782. The fraction of sp³-hybridized carbons (Fsp3) is 0.143. The van der Waals surface area contributed by atoms with Crippen LogP contribution in [0.5, 0.6) is 0 Å². The zero-order chi connectivity index (χ0) is 7.84. The van der Waals surface area contributed by atoms with Gasteiger partial charge in [-0.2, -0.15) is 0 Å². The first-order valence-corrected chi connectivity index (χ1v) is 3.24. The Morgan fingerprint density at radius 2 is 2.27 bits per heavy atom. The highest BCUT2D eigenvalue weighted by molar-refractivity contribution is 5.84. The Bertz CT molecular complexity index is 393. The van der Waals surface area contributed by atoms with Crippen LogP contribution in [-0.4, -0.2) is 9.97 Å². The van der Waals surface area contributed by atoms with Gasteiger partial charge in [0.25, 0.3) is 0 Å². The first-order chi connectivity index (χ1) is 5.27. The molecule has 2 N–H and O–H groups in total. The SMILES string of the molecule is Cc1cc2c(N)ncnc2o1. The van der Waals surface area contributed by atoms with E-state index in [2.05, 4.69) is 9.97 Å². The van der Waals surface area contributed by atoms with Gasteiger partial charge in [-0.15, -0.1) is 0 Å². The number of rotatable bonds is 0. The molecule has 11 heavy (non-hydrogen) atoms. The standard InChI is InChI=1S/C7H7N3O/c1-4-2-5-6(8)9-3-10-7(5)11-4/h2-3H,1H3,(H2,8,9,10). The van der Waals surface area contributed by atoms with Gasteiger partial charge in [-0.1, -0.05) is 0 Å². The molecule has 2 heterocycles. The number of fused-ring (bicyclic) bond motifs is 1. The van der Waals surface area contributed by atoms with Gasteiger partial charge in [0.05, 0.1) is 5.39 Å². The molecule has 0 aliphatic heterocycles. The molecular weight excluding hydrogens is 142 g/mol. The molecule has 0 saturated carbocycles. The maximum absolute atomic E-state index is 5.56. The van der Waals surface area contributed by atoms with Crippen molar-refractivity contribution >= 4 is 16.9 Å². The summed E-state index contributed by atoms with van der Waals surface area (Å²) in [5.41, 5.74) is 6.11. The van der Waals surface area contributed by atoms with Crippen molar-refractivity contribution < 1.29 is 4.42 Å². The molecular formula is C7H7N3O. The zero-order valence-corrected chi connectivity index (χ0v) is 6.03. The minimum absolute atomic E-state index is 0.465. The molecule has 0 spiro atoms. The smallest absolute Gasteiger partial charge is 0.231 e. The summed E-state index contributed by atoms with van der Waals surface area (Å²) in [7, 11) is 0. The summed E-state index contributed by atoms with van der Waals surface area (Å²) in [5.74, 6) is 1.26. The maximum Gasteiger partial charge on any atom is 0.231 e. The van der Waals surface area contributed by atoms with Crippen molar-refractivity contribution in [1.29, 1.82) is 0 Å². The van der Waals surface area contributed by atoms with Gasteiger partial charge in [0.15, 0.2) is 0 Å². The summed E-state index contributed by atoms with van der Waals surface area (Å²) in [6.45, 7) is 1.85. The van der Waals surface area contributed by atoms with E-state index in [1.807, 2.05) is 13.0 Å². The molecule has 0 amide bonds. The van der Waals surface area contributed by atoms with E-state index in [0.717, 1.165) is 11.1 Å². The second-order valence-corrected chi connectivity index (χ2v) is 2.33. The Morgan fingerprint density at radius 3 is 3.00 bits per heavy atom. The van der Waals surface area contributed by atoms with Gasteiger partial charge < -0.3 is 10.2 Å². The van der Waals surface area contributed by atoms with Crippen molar-refractivity contribution in [2.75, 3.05) is 5.73 Å². The molecule has 0 aliphatic carbocycles. The predicted octanol–water partition coefficient (Wildman–Crippen LogP) is 1.11. The van der Waals surface area contributed by atoms with E-state index in [4.69, 9.17) is 10.2 Å². The Hall–Kier alpha value is -1.58. The Balaban J connectivity index is 2.90. The number of nitrogen functional groups attached to an aromatic ring is 1. The molecule has 0 unspecified atom stereocenters. The number of aromatic nitrogens is 2. The molecule has 0 fully saturated rings. The van der Waals surface area contributed by atoms with Crippen LogP contribution in [0.15, 0.2) is 16.8 Å². The van der Waals surface area contributed by atoms with E-state index in [0.29, 0.717) is 11.5 Å². The zero-order valence-electron chi connectivity index (χ0n) is 6.03. The van der Waals surface area contributed by atoms with Crippen molar-refractivity contribution in [1.82, 2.24) is 9.97 Å². The summed E-state index contributed by atoms with van der Waals surface area (Å²) >= 11 is 0. The van der Waals surface area contributed by atoms with E-state index in [9.17, 15) is 0 Å². The second-order valence-electron chi connectivity index (χ2n) is 2.33. The third kappa shape index (κ3) is 0.832. The van der Waals surface area contributed by atoms with Crippen LogP contribution in [0.4, 0.5) is 5.82 Å². The normalized spacial score (nSPS) is 10.6. The van der Waals surface area contributed by atoms with Gasteiger partial charge in [-0.3, -0.25) is 0 Å². The molecule has 2 aromatic rings. The van der Waals surface area contributed by atoms with Crippen molar-refractivity contribution in [3.63, 3.8) is 0 Å². The number of furan rings is 1. The third-order valence-corrected chi connectivity index (χ3v) is 1.48. The Labute approximate surface area is 63.1 Å². The van der Waals surface area contributed by atoms with E-state index in [-0.39, 0.29) is 0 Å². The van der Waals surface area contributed by atoms with Gasteiger partial charge in [0, 0.05) is 0 Å². The Morgan fingerprint density at radius 1 is 1.45 bits per heavy atom. The minimum Gasteiger partial charge on any atom is -0.443 e. The average Bonchev–Trinajstić information content (AvgIpc) is 2.31. The fourth-order valence-corrected chi connectivity index (χ4v) is 0.994. The van der Waals surface area contributed by atoms with Crippen molar-refractivity contribution in [3.8, 4) is 0 Å². The molecule has 2 aromatic heterocycles. The highest BCUT2D eigenvalue weighted by Crippen LogP contribution is 2.19. The van der Waals surface area contributed by atoms with Crippen molar-refractivity contribution in [3.05, 3.63) is 18.2 Å². The van der Waals surface area contributed by atoms with Gasteiger partial charge in [0.1, 0.15) is 17.9 Å². The van der Waals surface area contributed by atoms with E-state index >= 15 is 0 Å². The number of hydrogen-bond acceptors (Lipinski definition) is 4. The van der Waals surface area contributed by atoms with Gasteiger partial charge in [-0.25, -0.2) is 9.97 Å². The van der Waals surface area contributed by atoms with Crippen LogP contribution >= 0.6 is 0 Å². The summed E-state index contributed by atoms with van der Waals surface area (Å²) in [6.07, 6.45) is 1.39. The maximum atomic E-state index is 5.56. The van der Waals surface area contributed by atoms with Crippen LogP contribution < -0.4 is 5.73 Å². The van der Waals surface area contributed by atoms with Crippen LogP contribution in [0.2, 0.25) is 0 Å². The average molecular weight is 149 g/mol. The monoisotopic (exact) mass is 149 g/mol. The topological polar surface area (TPSA) is 64.9 Å². The molecule has 4 nitrogen and oxygen atoms in total. The minimum atomic E-state index is 0.465. The van der Waals surface area contributed by atoms with Crippen molar-refractivity contribution in [2.24, 2.45) is 0 Å². The summed E-state index contributed by atoms with van der Waals surface area (Å²) in [6, 6.07) is 1.82. The second kappa shape index (κ2) is 1.95. The first kappa shape index (κ1) is 6.15. The molecule has 2 rings (SSSR count). The molecule has 0 aliphatic rings. The molecule has 0 atom stereocenters. The fourth-order valence-electron chi connectivity index (χ4n) is 0.994. The third-order valence-electron chi connectivity index (χ3n) is 1.48. The largest absolute Gasteiger partial charge is 0.443 e. The van der Waals surface area contributed by atoms with Crippen LogP contribution in [0, 0.1) is 6.92 Å². The summed E-state index contributed by atoms with van der Waals surface area (Å²) < 4.78 is 5.22. The molecule has 4 heteroatoms. The molecule has 0 radical (unpaired) electrons. The highest BCUT2D eigenvalue weighted by atomic mass is 16.3. The summed E-state index contributed by atoms with van der Waals surface area (Å²) in [4.78, 5) is 7.73. The number of aryl methyl sites for hydroxylation is 1. The quantitative estimate of drug-likeness (QED) is 0.609. The number of nitrogens with zero attached hydrogens (tertiary/aromatic N) is 2. The van der Waals surface area contributed by atoms with E-state index < -0.39 is 0 Å². The lowest BCUT2D eigenvalue weighted by Crippen LogP contribution is -1.89. The molecule has 56 valence electrons. The van der Waals surface area contributed by atoms with Crippen molar-refractivity contribution in [2.45, 2.75) is 6.92 Å². The van der Waals surface area contributed by atoms with Crippen LogP contribution in [0.25, 0.3) is 11.1 Å². The van der Waals surface area contributed by atoms with E-state index in [1.165, 1.54) is 6.33 Å². The van der Waals surface area contributed by atoms with Crippen LogP contribution in [0.1, 0.15) is 5.76 Å². The lowest BCUT2D eigenvalue weighted by molar-refractivity contribution is 0.567. The molecule has 0 aromatic carbocycles. The number of nitrogens with two attached hydrogens (primary N) is 1. The molecule has 0 saturated heterocycles. The van der Waals surface area contributed by atoms with E-state index in [1.54, 1.807) is 0 Å². The van der Waals surface area contributed by atoms with Crippen LogP contribution in [0.3, 0.4) is 0 Å². The van der Waals surface area contributed by atoms with Gasteiger partial charge in [0.2, 0.25) is 5.71 Å². The van der Waals surface area contributed by atoms with Gasteiger partial charge >= 0.3 is 0 Å². The van der Waals surface area contributed by atoms with Crippen LogP contribution in [-0.2, 0) is 0 Å². The highest BCUT2D eigenvalue weighted by Gasteiger charge is 2.03. The first-order valence-electron chi connectivity index (χ1n) is 3.24. The Kier molecular flexibility index (Phi) is 1.09. The van der Waals surface area contributed by atoms with Gasteiger partial charge in [-0.05, 0) is 13.0 Å².